The zero-order valence-electron chi connectivity index (χ0n) is 15.0. The number of halogens is 2. The van der Waals surface area contributed by atoms with Gasteiger partial charge in [0.25, 0.3) is 0 Å². The molecule has 1 aliphatic rings. The van der Waals surface area contributed by atoms with Crippen LogP contribution >= 0.6 is 28.3 Å². The molecule has 0 aliphatic heterocycles. The molecule has 0 aromatic heterocycles. The SMILES string of the molecule is CCOC(=O)C(C)Oc1c(Br)cc(CNC2CCCC2)cc1OC.Cl. The Morgan fingerprint density at radius 2 is 2.04 bits per heavy atom. The Hall–Kier alpha value is -0.980. The summed E-state index contributed by atoms with van der Waals surface area (Å²) in [4.78, 5) is 11.8. The molecule has 0 amide bonds. The number of benzene rings is 1. The molecule has 7 heteroatoms. The van der Waals surface area contributed by atoms with Gasteiger partial charge in [-0.05, 0) is 60.3 Å². The van der Waals surface area contributed by atoms with Crippen LogP contribution in [0.15, 0.2) is 16.6 Å². The zero-order chi connectivity index (χ0) is 17.5. The van der Waals surface area contributed by atoms with Gasteiger partial charge in [0.05, 0.1) is 18.2 Å². The first-order valence-electron chi connectivity index (χ1n) is 8.48. The molecule has 1 aromatic rings. The minimum atomic E-state index is -0.697. The topological polar surface area (TPSA) is 56.8 Å². The number of carbonyl (C=O) groups is 1. The largest absolute Gasteiger partial charge is 0.493 e. The molecule has 0 bridgehead atoms. The number of nitrogens with one attached hydrogen (secondary N) is 1. The molecule has 1 unspecified atom stereocenters. The van der Waals surface area contributed by atoms with Gasteiger partial charge in [-0.1, -0.05) is 12.8 Å². The summed E-state index contributed by atoms with van der Waals surface area (Å²) in [6.45, 7) is 4.55. The van der Waals surface area contributed by atoms with Crippen LogP contribution in [0, 0.1) is 0 Å². The molecular weight excluding hydrogens is 410 g/mol. The first kappa shape index (κ1) is 22.1. The van der Waals surface area contributed by atoms with Crippen LogP contribution < -0.4 is 14.8 Å². The number of hydrogen-bond donors (Lipinski definition) is 1. The fourth-order valence-corrected chi connectivity index (χ4v) is 3.45. The fraction of sp³-hybridized carbons (Fsp3) is 0.611. The maximum Gasteiger partial charge on any atom is 0.347 e. The van der Waals surface area contributed by atoms with Crippen LogP contribution in [0.4, 0.5) is 0 Å². The van der Waals surface area contributed by atoms with E-state index in [1.54, 1.807) is 21.0 Å². The van der Waals surface area contributed by atoms with E-state index in [1.807, 2.05) is 12.1 Å². The predicted molar refractivity (Wildman–Crippen MR) is 104 cm³/mol. The van der Waals surface area contributed by atoms with Crippen molar-refractivity contribution in [2.24, 2.45) is 0 Å². The lowest BCUT2D eigenvalue weighted by molar-refractivity contribution is -0.150. The van der Waals surface area contributed by atoms with E-state index in [4.69, 9.17) is 14.2 Å². The first-order valence-corrected chi connectivity index (χ1v) is 9.27. The summed E-state index contributed by atoms with van der Waals surface area (Å²) in [7, 11) is 1.60. The summed E-state index contributed by atoms with van der Waals surface area (Å²) >= 11 is 3.52. The first-order chi connectivity index (χ1) is 11.5. The van der Waals surface area contributed by atoms with Crippen molar-refractivity contribution in [3.05, 3.63) is 22.2 Å². The van der Waals surface area contributed by atoms with Crippen molar-refractivity contribution in [2.45, 2.75) is 58.2 Å². The van der Waals surface area contributed by atoms with E-state index in [-0.39, 0.29) is 12.4 Å². The van der Waals surface area contributed by atoms with Crippen molar-refractivity contribution >= 4 is 34.3 Å². The normalized spacial score (nSPS) is 15.4. The van der Waals surface area contributed by atoms with E-state index < -0.39 is 12.1 Å². The predicted octanol–water partition coefficient (Wildman–Crippen LogP) is 4.24. The van der Waals surface area contributed by atoms with E-state index >= 15 is 0 Å². The highest BCUT2D eigenvalue weighted by Crippen LogP contribution is 2.37. The number of methoxy groups -OCH3 is 1. The Balaban J connectivity index is 0.00000312. The highest BCUT2D eigenvalue weighted by molar-refractivity contribution is 9.10. The van der Waals surface area contributed by atoms with E-state index in [9.17, 15) is 4.79 Å². The van der Waals surface area contributed by atoms with Crippen LogP contribution in [-0.2, 0) is 16.1 Å². The Morgan fingerprint density at radius 3 is 2.64 bits per heavy atom. The second kappa shape index (κ2) is 10.9. The van der Waals surface area contributed by atoms with Gasteiger partial charge in [0.1, 0.15) is 0 Å². The van der Waals surface area contributed by atoms with Crippen LogP contribution in [0.5, 0.6) is 11.5 Å². The van der Waals surface area contributed by atoms with Gasteiger partial charge in [0, 0.05) is 12.6 Å². The molecule has 1 fully saturated rings. The molecule has 1 aromatic carbocycles. The summed E-state index contributed by atoms with van der Waals surface area (Å²) < 4.78 is 16.9. The second-order valence-corrected chi connectivity index (χ2v) is 6.84. The minimum Gasteiger partial charge on any atom is -0.493 e. The number of carbonyl (C=O) groups excluding carboxylic acids is 1. The third-order valence-corrected chi connectivity index (χ3v) is 4.74. The highest BCUT2D eigenvalue weighted by Gasteiger charge is 2.21. The molecule has 2 rings (SSSR count). The van der Waals surface area contributed by atoms with Gasteiger partial charge in [0.2, 0.25) is 0 Å². The molecule has 25 heavy (non-hydrogen) atoms. The lowest BCUT2D eigenvalue weighted by atomic mass is 10.1. The van der Waals surface area contributed by atoms with Gasteiger partial charge in [-0.15, -0.1) is 12.4 Å². The van der Waals surface area contributed by atoms with Crippen LogP contribution in [0.3, 0.4) is 0 Å². The number of ether oxygens (including phenoxy) is 3. The maximum atomic E-state index is 11.8. The van der Waals surface area contributed by atoms with Crippen LogP contribution in [0.1, 0.15) is 45.1 Å². The molecule has 142 valence electrons. The van der Waals surface area contributed by atoms with Crippen molar-refractivity contribution < 1.29 is 19.0 Å². The number of hydrogen-bond acceptors (Lipinski definition) is 5. The summed E-state index contributed by atoms with van der Waals surface area (Å²) in [6.07, 6.45) is 4.41. The number of rotatable bonds is 8. The van der Waals surface area contributed by atoms with Crippen molar-refractivity contribution in [3.63, 3.8) is 0 Å². The Kier molecular flexibility index (Phi) is 9.61. The summed E-state index contributed by atoms with van der Waals surface area (Å²) in [5.41, 5.74) is 1.11. The third-order valence-electron chi connectivity index (χ3n) is 4.15. The molecule has 0 spiro atoms. The van der Waals surface area contributed by atoms with E-state index in [0.29, 0.717) is 24.1 Å². The average Bonchev–Trinajstić information content (AvgIpc) is 3.08. The van der Waals surface area contributed by atoms with Crippen LogP contribution in [0.2, 0.25) is 0 Å². The summed E-state index contributed by atoms with van der Waals surface area (Å²) in [6, 6.07) is 4.55. The standard InChI is InChI=1S/C18H26BrNO4.ClH/c1-4-23-18(21)12(2)24-17-15(19)9-13(10-16(17)22-3)11-20-14-7-5-6-8-14;/h9-10,12,14,20H,4-8,11H2,1-3H3;1H. The van der Waals surface area contributed by atoms with Crippen molar-refractivity contribution in [2.75, 3.05) is 13.7 Å². The smallest absolute Gasteiger partial charge is 0.347 e. The molecular formula is C18H27BrClNO4. The monoisotopic (exact) mass is 435 g/mol. The molecule has 1 aliphatic carbocycles. The van der Waals surface area contributed by atoms with Crippen LogP contribution in [0.25, 0.3) is 0 Å². The summed E-state index contributed by atoms with van der Waals surface area (Å²) in [5, 5.41) is 3.58. The molecule has 1 atom stereocenters. The minimum absolute atomic E-state index is 0. The Labute approximate surface area is 164 Å². The van der Waals surface area contributed by atoms with E-state index in [1.165, 1.54) is 25.7 Å². The average molecular weight is 437 g/mol. The zero-order valence-corrected chi connectivity index (χ0v) is 17.4. The molecule has 0 heterocycles. The van der Waals surface area contributed by atoms with Crippen molar-refractivity contribution in [3.8, 4) is 11.5 Å². The maximum absolute atomic E-state index is 11.8. The van der Waals surface area contributed by atoms with Gasteiger partial charge in [0.15, 0.2) is 17.6 Å². The van der Waals surface area contributed by atoms with E-state index in [0.717, 1.165) is 16.6 Å². The quantitative estimate of drug-likeness (QED) is 0.618. The number of esters is 1. The van der Waals surface area contributed by atoms with Gasteiger partial charge in [-0.3, -0.25) is 0 Å². The van der Waals surface area contributed by atoms with Gasteiger partial charge in [-0.25, -0.2) is 4.79 Å². The Morgan fingerprint density at radius 1 is 1.36 bits per heavy atom. The van der Waals surface area contributed by atoms with E-state index in [2.05, 4.69) is 21.2 Å². The molecule has 5 nitrogen and oxygen atoms in total. The van der Waals surface area contributed by atoms with Crippen LogP contribution in [-0.4, -0.2) is 31.8 Å². The second-order valence-electron chi connectivity index (χ2n) is 5.98. The third kappa shape index (κ3) is 6.35. The Bertz CT molecular complexity index is 564. The van der Waals surface area contributed by atoms with Gasteiger partial charge >= 0.3 is 5.97 Å². The summed E-state index contributed by atoms with van der Waals surface area (Å²) in [5.74, 6) is 0.727. The van der Waals surface area contributed by atoms with Crippen molar-refractivity contribution in [1.82, 2.24) is 5.32 Å². The molecule has 0 radical (unpaired) electrons. The highest BCUT2D eigenvalue weighted by atomic mass is 79.9. The fourth-order valence-electron chi connectivity index (χ4n) is 2.87. The molecule has 1 saturated carbocycles. The van der Waals surface area contributed by atoms with Crippen molar-refractivity contribution in [1.29, 1.82) is 0 Å². The van der Waals surface area contributed by atoms with Gasteiger partial charge in [-0.2, -0.15) is 0 Å². The lowest BCUT2D eigenvalue weighted by Crippen LogP contribution is -2.27. The molecule has 1 N–H and O–H groups in total. The molecule has 0 saturated heterocycles. The lowest BCUT2D eigenvalue weighted by Gasteiger charge is -2.19. The van der Waals surface area contributed by atoms with Gasteiger partial charge < -0.3 is 19.5 Å².